The Morgan fingerprint density at radius 3 is 2.83 bits per heavy atom. The molecule has 1 N–H and O–H groups in total. The van der Waals surface area contributed by atoms with E-state index < -0.39 is 6.10 Å². The number of aryl methyl sites for hydroxylation is 1. The van der Waals surface area contributed by atoms with Crippen molar-refractivity contribution in [1.82, 2.24) is 9.55 Å². The first-order valence-corrected chi connectivity index (χ1v) is 5.94. The Kier molecular flexibility index (Phi) is 3.67. The summed E-state index contributed by atoms with van der Waals surface area (Å²) < 4.78 is 7.23. The summed E-state index contributed by atoms with van der Waals surface area (Å²) in [7, 11) is 1.65. The largest absolute Gasteiger partial charge is 0.497 e. The lowest BCUT2D eigenvalue weighted by molar-refractivity contribution is 0.199. The number of nitrogens with zero attached hydrogens (tertiary/aromatic N) is 2. The summed E-state index contributed by atoms with van der Waals surface area (Å²) in [6.45, 7) is 4.38. The van der Waals surface area contributed by atoms with Gasteiger partial charge in [-0.05, 0) is 25.5 Å². The molecule has 1 unspecified atom stereocenters. The maximum absolute atomic E-state index is 9.48. The maximum Gasteiger partial charge on any atom is 0.122 e. The van der Waals surface area contributed by atoms with E-state index in [0.29, 0.717) is 6.54 Å². The van der Waals surface area contributed by atoms with E-state index in [9.17, 15) is 5.11 Å². The highest BCUT2D eigenvalue weighted by Crippen LogP contribution is 2.16. The number of rotatable bonds is 4. The number of pyridine rings is 1. The van der Waals surface area contributed by atoms with Crippen LogP contribution in [0.1, 0.15) is 30.0 Å². The van der Waals surface area contributed by atoms with Crippen LogP contribution in [0.2, 0.25) is 0 Å². The molecule has 0 aliphatic heterocycles. The predicted octanol–water partition coefficient (Wildman–Crippen LogP) is 2.30. The lowest BCUT2D eigenvalue weighted by Gasteiger charge is -2.07. The number of methoxy groups -OCH3 is 1. The van der Waals surface area contributed by atoms with E-state index in [1.54, 1.807) is 14.0 Å². The maximum atomic E-state index is 9.48. The van der Waals surface area contributed by atoms with Gasteiger partial charge in [0.15, 0.2) is 0 Å². The van der Waals surface area contributed by atoms with Crippen LogP contribution in [0.5, 0.6) is 5.75 Å². The molecule has 2 heterocycles. The Bertz CT molecular complexity index is 532. The van der Waals surface area contributed by atoms with Crippen LogP contribution in [-0.2, 0) is 6.54 Å². The molecule has 18 heavy (non-hydrogen) atoms. The molecule has 4 nitrogen and oxygen atoms in total. The second-order valence-corrected chi connectivity index (χ2v) is 4.43. The summed E-state index contributed by atoms with van der Waals surface area (Å²) in [5.41, 5.74) is 2.79. The van der Waals surface area contributed by atoms with Crippen LogP contribution in [-0.4, -0.2) is 21.8 Å². The van der Waals surface area contributed by atoms with Crippen LogP contribution in [0.25, 0.3) is 0 Å². The van der Waals surface area contributed by atoms with Gasteiger partial charge in [0.25, 0.3) is 0 Å². The molecule has 96 valence electrons. The first-order valence-electron chi connectivity index (χ1n) is 5.94. The van der Waals surface area contributed by atoms with E-state index in [1.165, 1.54) is 0 Å². The van der Waals surface area contributed by atoms with E-state index in [-0.39, 0.29) is 0 Å². The van der Waals surface area contributed by atoms with Gasteiger partial charge in [0, 0.05) is 30.2 Å². The molecule has 0 aliphatic carbocycles. The van der Waals surface area contributed by atoms with Gasteiger partial charge in [-0.3, -0.25) is 4.98 Å². The fourth-order valence-corrected chi connectivity index (χ4v) is 1.89. The van der Waals surface area contributed by atoms with Crippen LogP contribution < -0.4 is 4.74 Å². The average Bonchev–Trinajstić information content (AvgIpc) is 2.76. The van der Waals surface area contributed by atoms with Crippen molar-refractivity contribution in [1.29, 1.82) is 0 Å². The topological polar surface area (TPSA) is 47.3 Å². The monoisotopic (exact) mass is 246 g/mol. The number of aromatic nitrogens is 2. The smallest absolute Gasteiger partial charge is 0.122 e. The van der Waals surface area contributed by atoms with E-state index in [1.807, 2.05) is 42.1 Å². The Hall–Kier alpha value is -1.81. The highest BCUT2D eigenvalue weighted by Gasteiger charge is 2.05. The van der Waals surface area contributed by atoms with E-state index in [2.05, 4.69) is 4.98 Å². The highest BCUT2D eigenvalue weighted by atomic mass is 16.5. The van der Waals surface area contributed by atoms with Crippen LogP contribution in [0.4, 0.5) is 0 Å². The summed E-state index contributed by atoms with van der Waals surface area (Å²) in [4.78, 5) is 4.47. The third-order valence-electron chi connectivity index (χ3n) is 2.82. The molecule has 2 rings (SSSR count). The molecular formula is C14H18N2O2. The number of hydrogen-bond acceptors (Lipinski definition) is 3. The molecule has 4 heteroatoms. The number of ether oxygens (including phenoxy) is 1. The van der Waals surface area contributed by atoms with Crippen molar-refractivity contribution in [2.75, 3.05) is 7.11 Å². The molecule has 0 amide bonds. The number of hydrogen-bond donors (Lipinski definition) is 1. The SMILES string of the molecule is COc1cc(C)nc(Cn2ccc(C(C)O)c2)c1. The summed E-state index contributed by atoms with van der Waals surface area (Å²) in [5.74, 6) is 0.820. The highest BCUT2D eigenvalue weighted by molar-refractivity contribution is 5.27. The fraction of sp³-hybridized carbons (Fsp3) is 0.357. The van der Waals surface area contributed by atoms with Gasteiger partial charge in [-0.15, -0.1) is 0 Å². The third kappa shape index (κ3) is 2.90. The van der Waals surface area contributed by atoms with Gasteiger partial charge < -0.3 is 14.4 Å². The second kappa shape index (κ2) is 5.23. The molecular weight excluding hydrogens is 228 g/mol. The molecule has 0 bridgehead atoms. The van der Waals surface area contributed by atoms with Crippen molar-refractivity contribution in [2.45, 2.75) is 26.5 Å². The van der Waals surface area contributed by atoms with E-state index >= 15 is 0 Å². The van der Waals surface area contributed by atoms with Crippen molar-refractivity contribution in [3.63, 3.8) is 0 Å². The van der Waals surface area contributed by atoms with Crippen LogP contribution in [0, 0.1) is 6.92 Å². The van der Waals surface area contributed by atoms with Crippen LogP contribution >= 0.6 is 0 Å². The Balaban J connectivity index is 2.19. The molecule has 0 spiro atoms. The van der Waals surface area contributed by atoms with Crippen LogP contribution in [0.15, 0.2) is 30.6 Å². The summed E-state index contributed by atoms with van der Waals surface area (Å²) in [6.07, 6.45) is 3.44. The molecule has 0 aromatic carbocycles. The molecule has 2 aromatic rings. The predicted molar refractivity (Wildman–Crippen MR) is 69.7 cm³/mol. The second-order valence-electron chi connectivity index (χ2n) is 4.43. The number of aliphatic hydroxyl groups is 1. The summed E-state index contributed by atoms with van der Waals surface area (Å²) in [6, 6.07) is 5.74. The quantitative estimate of drug-likeness (QED) is 0.900. The normalized spacial score (nSPS) is 12.4. The Morgan fingerprint density at radius 2 is 2.22 bits per heavy atom. The standard InChI is InChI=1S/C14H18N2O2/c1-10-6-14(18-3)7-13(15-10)9-16-5-4-12(8-16)11(2)17/h4-8,11,17H,9H2,1-3H3. The van der Waals surface area contributed by atoms with E-state index in [4.69, 9.17) is 4.74 Å². The van der Waals surface area contributed by atoms with Crippen molar-refractivity contribution < 1.29 is 9.84 Å². The Morgan fingerprint density at radius 1 is 1.44 bits per heavy atom. The van der Waals surface area contributed by atoms with Gasteiger partial charge in [-0.2, -0.15) is 0 Å². The zero-order valence-electron chi connectivity index (χ0n) is 10.9. The molecule has 0 fully saturated rings. The first-order chi connectivity index (χ1) is 8.58. The average molecular weight is 246 g/mol. The van der Waals surface area contributed by atoms with Gasteiger partial charge in [0.2, 0.25) is 0 Å². The van der Waals surface area contributed by atoms with Crippen LogP contribution in [0.3, 0.4) is 0 Å². The zero-order valence-corrected chi connectivity index (χ0v) is 10.9. The minimum absolute atomic E-state index is 0.439. The fourth-order valence-electron chi connectivity index (χ4n) is 1.89. The Labute approximate surface area is 107 Å². The van der Waals surface area contributed by atoms with Crippen molar-refractivity contribution >= 4 is 0 Å². The van der Waals surface area contributed by atoms with Gasteiger partial charge in [-0.25, -0.2) is 0 Å². The molecule has 0 saturated carbocycles. The molecule has 0 saturated heterocycles. The summed E-state index contributed by atoms with van der Waals surface area (Å²) >= 11 is 0. The van der Waals surface area contributed by atoms with Gasteiger partial charge >= 0.3 is 0 Å². The lowest BCUT2D eigenvalue weighted by atomic mass is 10.2. The molecule has 2 aromatic heterocycles. The molecule has 1 atom stereocenters. The van der Waals surface area contributed by atoms with Gasteiger partial charge in [-0.1, -0.05) is 0 Å². The lowest BCUT2D eigenvalue weighted by Crippen LogP contribution is -2.01. The van der Waals surface area contributed by atoms with Gasteiger partial charge in [0.05, 0.1) is 25.5 Å². The summed E-state index contributed by atoms with van der Waals surface area (Å²) in [5, 5.41) is 9.48. The van der Waals surface area contributed by atoms with Crippen molar-refractivity contribution in [3.05, 3.63) is 47.5 Å². The minimum Gasteiger partial charge on any atom is -0.497 e. The van der Waals surface area contributed by atoms with E-state index in [0.717, 1.165) is 22.7 Å². The number of aliphatic hydroxyl groups excluding tert-OH is 1. The molecule has 0 radical (unpaired) electrons. The van der Waals surface area contributed by atoms with Crippen molar-refractivity contribution in [2.24, 2.45) is 0 Å². The first kappa shape index (κ1) is 12.6. The van der Waals surface area contributed by atoms with Crippen molar-refractivity contribution in [3.8, 4) is 5.75 Å². The third-order valence-corrected chi connectivity index (χ3v) is 2.82. The molecule has 0 aliphatic rings. The van der Waals surface area contributed by atoms with Gasteiger partial charge in [0.1, 0.15) is 5.75 Å². The minimum atomic E-state index is -0.439. The zero-order chi connectivity index (χ0) is 13.1.